The van der Waals surface area contributed by atoms with Crippen molar-refractivity contribution in [2.24, 2.45) is 11.3 Å². The predicted molar refractivity (Wildman–Crippen MR) is 87.6 cm³/mol. The molecule has 2 fully saturated rings. The van der Waals surface area contributed by atoms with Gasteiger partial charge in [0.25, 0.3) is 5.91 Å². The van der Waals surface area contributed by atoms with Gasteiger partial charge < -0.3 is 14.7 Å². The fourth-order valence-electron chi connectivity index (χ4n) is 3.48. The molecule has 0 aromatic carbocycles. The van der Waals surface area contributed by atoms with Crippen LogP contribution in [0.2, 0.25) is 0 Å². The van der Waals surface area contributed by atoms with Gasteiger partial charge in [0.1, 0.15) is 0 Å². The standard InChI is InChI=1S/C17H23NO4S/c1-22-10-13-5-6-14(23-13)15(19)18-8-2-7-17(11-18,16(20)21)9-12-3-4-12/h5-6,12H,2-4,7-11H2,1H3,(H,20,21)/t17-/m0/s1. The van der Waals surface area contributed by atoms with Crippen LogP contribution in [0.4, 0.5) is 0 Å². The lowest BCUT2D eigenvalue weighted by molar-refractivity contribution is -0.152. The molecule has 6 heteroatoms. The molecular formula is C17H23NO4S. The van der Waals surface area contributed by atoms with Crippen molar-refractivity contribution in [3.63, 3.8) is 0 Å². The number of hydrogen-bond donors (Lipinski definition) is 1. The molecule has 23 heavy (non-hydrogen) atoms. The smallest absolute Gasteiger partial charge is 0.311 e. The zero-order chi connectivity index (χ0) is 16.4. The molecule has 5 nitrogen and oxygen atoms in total. The topological polar surface area (TPSA) is 66.8 Å². The zero-order valence-electron chi connectivity index (χ0n) is 13.4. The number of carbonyl (C=O) groups excluding carboxylic acids is 1. The van der Waals surface area contributed by atoms with Crippen molar-refractivity contribution in [3.8, 4) is 0 Å². The summed E-state index contributed by atoms with van der Waals surface area (Å²) < 4.78 is 5.09. The third-order valence-electron chi connectivity index (χ3n) is 4.85. The highest BCUT2D eigenvalue weighted by atomic mass is 32.1. The quantitative estimate of drug-likeness (QED) is 0.866. The Morgan fingerprint density at radius 3 is 2.87 bits per heavy atom. The third kappa shape index (κ3) is 3.58. The fraction of sp³-hybridized carbons (Fsp3) is 0.647. The Morgan fingerprint density at radius 2 is 2.22 bits per heavy atom. The number of amides is 1. The van der Waals surface area contributed by atoms with Gasteiger partial charge in [0.15, 0.2) is 0 Å². The van der Waals surface area contributed by atoms with E-state index in [0.717, 1.165) is 24.1 Å². The minimum Gasteiger partial charge on any atom is -0.481 e. The fourth-order valence-corrected chi connectivity index (χ4v) is 4.42. The Labute approximate surface area is 140 Å². The van der Waals surface area contributed by atoms with Crippen LogP contribution >= 0.6 is 11.3 Å². The summed E-state index contributed by atoms with van der Waals surface area (Å²) in [6, 6.07) is 3.72. The maximum Gasteiger partial charge on any atom is 0.311 e. The van der Waals surface area contributed by atoms with E-state index in [2.05, 4.69) is 0 Å². The van der Waals surface area contributed by atoms with Crippen LogP contribution in [-0.2, 0) is 16.1 Å². The van der Waals surface area contributed by atoms with Gasteiger partial charge in [-0.05, 0) is 37.3 Å². The number of thiophene rings is 1. The summed E-state index contributed by atoms with van der Waals surface area (Å²) in [5, 5.41) is 9.76. The molecule has 0 radical (unpaired) electrons. The molecule has 1 saturated heterocycles. The van der Waals surface area contributed by atoms with Crippen molar-refractivity contribution >= 4 is 23.2 Å². The van der Waals surface area contributed by atoms with Crippen molar-refractivity contribution in [3.05, 3.63) is 21.9 Å². The number of carboxylic acid groups (broad SMARTS) is 1. The van der Waals surface area contributed by atoms with Crippen LogP contribution < -0.4 is 0 Å². The van der Waals surface area contributed by atoms with E-state index >= 15 is 0 Å². The van der Waals surface area contributed by atoms with Crippen LogP contribution in [-0.4, -0.2) is 42.1 Å². The molecule has 1 atom stereocenters. The van der Waals surface area contributed by atoms with Gasteiger partial charge in [-0.3, -0.25) is 9.59 Å². The molecule has 1 amide bonds. The first kappa shape index (κ1) is 16.5. The second-order valence-corrected chi connectivity index (χ2v) is 7.93. The number of carbonyl (C=O) groups is 2. The van der Waals surface area contributed by atoms with Crippen LogP contribution in [0.25, 0.3) is 0 Å². The maximum absolute atomic E-state index is 12.7. The molecule has 2 heterocycles. The number of piperidine rings is 1. The molecule has 1 saturated carbocycles. The number of hydrogen-bond acceptors (Lipinski definition) is 4. The zero-order valence-corrected chi connectivity index (χ0v) is 14.2. The second-order valence-electron chi connectivity index (χ2n) is 6.76. The van der Waals surface area contributed by atoms with Crippen molar-refractivity contribution in [2.75, 3.05) is 20.2 Å². The van der Waals surface area contributed by atoms with Crippen molar-refractivity contribution < 1.29 is 19.4 Å². The van der Waals surface area contributed by atoms with E-state index in [1.54, 1.807) is 12.0 Å². The monoisotopic (exact) mass is 337 g/mol. The minimum atomic E-state index is -0.748. The van der Waals surface area contributed by atoms with Gasteiger partial charge >= 0.3 is 5.97 Å². The third-order valence-corrected chi connectivity index (χ3v) is 5.90. The lowest BCUT2D eigenvalue weighted by atomic mass is 9.75. The number of likely N-dealkylation sites (tertiary alicyclic amines) is 1. The number of aliphatic carboxylic acids is 1. The molecular weight excluding hydrogens is 314 g/mol. The van der Waals surface area contributed by atoms with Crippen LogP contribution in [0.5, 0.6) is 0 Å². The van der Waals surface area contributed by atoms with Crippen molar-refractivity contribution in [1.82, 2.24) is 4.90 Å². The Hall–Kier alpha value is -1.40. The van der Waals surface area contributed by atoms with E-state index < -0.39 is 11.4 Å². The molecule has 1 aromatic rings. The normalized spacial score (nSPS) is 24.7. The van der Waals surface area contributed by atoms with E-state index in [1.165, 1.54) is 11.3 Å². The van der Waals surface area contributed by atoms with Gasteiger partial charge in [0.05, 0.1) is 16.9 Å². The van der Waals surface area contributed by atoms with E-state index in [-0.39, 0.29) is 5.91 Å². The first-order valence-corrected chi connectivity index (χ1v) is 8.96. The largest absolute Gasteiger partial charge is 0.481 e. The summed E-state index contributed by atoms with van der Waals surface area (Å²) in [5.41, 5.74) is -0.748. The predicted octanol–water partition coefficient (Wildman–Crippen LogP) is 3.00. The summed E-state index contributed by atoms with van der Waals surface area (Å²) in [4.78, 5) is 28.0. The molecule has 3 rings (SSSR count). The number of nitrogens with zero attached hydrogens (tertiary/aromatic N) is 1. The number of ether oxygens (including phenoxy) is 1. The summed E-state index contributed by atoms with van der Waals surface area (Å²) in [7, 11) is 1.63. The summed E-state index contributed by atoms with van der Waals surface area (Å²) in [6.07, 6.45) is 4.43. The molecule has 1 N–H and O–H groups in total. The maximum atomic E-state index is 12.7. The Kier molecular flexibility index (Phi) is 4.73. The average Bonchev–Trinajstić information content (AvgIpc) is 3.22. The summed E-state index contributed by atoms with van der Waals surface area (Å²) in [6.45, 7) is 1.49. The molecule has 0 bridgehead atoms. The number of carboxylic acids is 1. The molecule has 1 aromatic heterocycles. The highest BCUT2D eigenvalue weighted by Crippen LogP contribution is 2.45. The van der Waals surface area contributed by atoms with Crippen LogP contribution in [0.15, 0.2) is 12.1 Å². The van der Waals surface area contributed by atoms with Gasteiger partial charge in [0, 0.05) is 25.1 Å². The SMILES string of the molecule is COCc1ccc(C(=O)N2CCC[C@@](CC3CC3)(C(=O)O)C2)s1. The molecule has 1 aliphatic heterocycles. The van der Waals surface area contributed by atoms with Crippen molar-refractivity contribution in [2.45, 2.75) is 38.7 Å². The highest BCUT2D eigenvalue weighted by molar-refractivity contribution is 7.14. The Bertz CT molecular complexity index is 595. The lowest BCUT2D eigenvalue weighted by Crippen LogP contribution is -2.50. The van der Waals surface area contributed by atoms with Crippen LogP contribution in [0.1, 0.15) is 46.7 Å². The van der Waals surface area contributed by atoms with E-state index in [1.807, 2.05) is 12.1 Å². The van der Waals surface area contributed by atoms with Gasteiger partial charge in [-0.15, -0.1) is 11.3 Å². The first-order valence-electron chi connectivity index (χ1n) is 8.14. The van der Waals surface area contributed by atoms with E-state index in [0.29, 0.717) is 43.3 Å². The average molecular weight is 337 g/mol. The van der Waals surface area contributed by atoms with E-state index in [4.69, 9.17) is 4.74 Å². The molecule has 0 spiro atoms. The molecule has 1 aliphatic carbocycles. The molecule has 126 valence electrons. The lowest BCUT2D eigenvalue weighted by Gasteiger charge is -2.40. The highest BCUT2D eigenvalue weighted by Gasteiger charge is 2.46. The Morgan fingerprint density at radius 1 is 1.43 bits per heavy atom. The molecule has 2 aliphatic rings. The summed E-state index contributed by atoms with van der Waals surface area (Å²) in [5.74, 6) is -0.247. The van der Waals surface area contributed by atoms with Gasteiger partial charge in [0.2, 0.25) is 0 Å². The second kappa shape index (κ2) is 6.61. The van der Waals surface area contributed by atoms with Gasteiger partial charge in [-0.1, -0.05) is 12.8 Å². The van der Waals surface area contributed by atoms with Gasteiger partial charge in [-0.25, -0.2) is 0 Å². The molecule has 0 unspecified atom stereocenters. The van der Waals surface area contributed by atoms with Crippen LogP contribution in [0.3, 0.4) is 0 Å². The van der Waals surface area contributed by atoms with Crippen molar-refractivity contribution in [1.29, 1.82) is 0 Å². The van der Waals surface area contributed by atoms with Crippen LogP contribution in [0, 0.1) is 11.3 Å². The number of methoxy groups -OCH3 is 1. The first-order chi connectivity index (χ1) is 11.0. The van der Waals surface area contributed by atoms with Gasteiger partial charge in [-0.2, -0.15) is 0 Å². The number of rotatable bonds is 6. The Balaban J connectivity index is 1.73. The minimum absolute atomic E-state index is 0.0431. The van der Waals surface area contributed by atoms with E-state index in [9.17, 15) is 14.7 Å². The summed E-state index contributed by atoms with van der Waals surface area (Å²) >= 11 is 1.43.